The Kier molecular flexibility index (Phi) is 9.57. The topological polar surface area (TPSA) is 105 Å². The molecule has 6 nitrogen and oxygen atoms in total. The van der Waals surface area contributed by atoms with E-state index in [-0.39, 0.29) is 11.9 Å². The number of rotatable bonds is 6. The third kappa shape index (κ3) is 9.07. The molecule has 2 aromatic rings. The predicted molar refractivity (Wildman–Crippen MR) is 112 cm³/mol. The van der Waals surface area contributed by atoms with E-state index in [2.05, 4.69) is 0 Å². The highest BCUT2D eigenvalue weighted by molar-refractivity contribution is 5.90. The molecule has 4 N–H and O–H groups in total. The molecular weight excluding hydrogens is 356 g/mol. The van der Waals surface area contributed by atoms with Crippen LogP contribution < -0.4 is 11.5 Å². The summed E-state index contributed by atoms with van der Waals surface area (Å²) >= 11 is 0. The number of hydrogen-bond donors (Lipinski definition) is 2. The molecule has 0 saturated heterocycles. The highest BCUT2D eigenvalue weighted by Gasteiger charge is 2.07. The number of nitrogen functional groups attached to an aromatic ring is 2. The third-order valence-electron chi connectivity index (χ3n) is 3.39. The Morgan fingerprint density at radius 2 is 0.964 bits per heavy atom. The molecule has 0 aliphatic heterocycles. The zero-order valence-electron chi connectivity index (χ0n) is 17.0. The molecule has 0 aliphatic rings. The molecule has 0 saturated carbocycles. The summed E-state index contributed by atoms with van der Waals surface area (Å²) in [4.78, 5) is 22.8. The van der Waals surface area contributed by atoms with Gasteiger partial charge < -0.3 is 20.9 Å². The maximum atomic E-state index is 11.4. The van der Waals surface area contributed by atoms with Crippen molar-refractivity contribution in [1.82, 2.24) is 0 Å². The van der Waals surface area contributed by atoms with Crippen molar-refractivity contribution >= 4 is 23.3 Å². The minimum atomic E-state index is -0.293. The molecule has 0 atom stereocenters. The fourth-order valence-corrected chi connectivity index (χ4v) is 1.89. The van der Waals surface area contributed by atoms with Gasteiger partial charge in [-0.05, 0) is 60.4 Å². The molecule has 2 aromatic carbocycles. The van der Waals surface area contributed by atoms with E-state index in [0.717, 1.165) is 0 Å². The highest BCUT2D eigenvalue weighted by Crippen LogP contribution is 2.08. The van der Waals surface area contributed by atoms with Gasteiger partial charge in [-0.2, -0.15) is 0 Å². The average Bonchev–Trinajstić information content (AvgIpc) is 2.65. The van der Waals surface area contributed by atoms with Crippen LogP contribution in [-0.4, -0.2) is 25.2 Å². The van der Waals surface area contributed by atoms with Gasteiger partial charge in [0.15, 0.2) is 0 Å². The number of carbonyl (C=O) groups is 2. The van der Waals surface area contributed by atoms with E-state index in [0.29, 0.717) is 47.6 Å². The van der Waals surface area contributed by atoms with Gasteiger partial charge in [0, 0.05) is 11.4 Å². The number of ether oxygens (including phenoxy) is 2. The Balaban J connectivity index is 0.000000280. The molecule has 0 aliphatic carbocycles. The normalized spacial score (nSPS) is 10.2. The Morgan fingerprint density at radius 1 is 0.679 bits per heavy atom. The lowest BCUT2D eigenvalue weighted by Crippen LogP contribution is -2.10. The van der Waals surface area contributed by atoms with Crippen LogP contribution in [0.1, 0.15) is 48.4 Å². The molecule has 0 fully saturated rings. The van der Waals surface area contributed by atoms with Crippen molar-refractivity contribution in [2.75, 3.05) is 24.7 Å². The van der Waals surface area contributed by atoms with Crippen LogP contribution in [0.15, 0.2) is 48.5 Å². The fourth-order valence-electron chi connectivity index (χ4n) is 1.89. The van der Waals surface area contributed by atoms with Crippen molar-refractivity contribution in [3.05, 3.63) is 59.7 Å². The molecule has 6 heteroatoms. The lowest BCUT2D eigenvalue weighted by Gasteiger charge is -2.06. The molecule has 0 spiro atoms. The first-order chi connectivity index (χ1) is 13.2. The van der Waals surface area contributed by atoms with Crippen molar-refractivity contribution < 1.29 is 19.1 Å². The summed E-state index contributed by atoms with van der Waals surface area (Å²) in [6.07, 6.45) is 0. The van der Waals surface area contributed by atoms with Gasteiger partial charge in [0.1, 0.15) is 0 Å². The Morgan fingerprint density at radius 3 is 1.21 bits per heavy atom. The maximum absolute atomic E-state index is 11.4. The van der Waals surface area contributed by atoms with Crippen LogP contribution in [0.25, 0.3) is 0 Å². The van der Waals surface area contributed by atoms with Crippen molar-refractivity contribution in [3.8, 4) is 0 Å². The Hall–Kier alpha value is -3.02. The quantitative estimate of drug-likeness (QED) is 0.570. The van der Waals surface area contributed by atoms with Crippen LogP contribution >= 0.6 is 0 Å². The molecule has 152 valence electrons. The highest BCUT2D eigenvalue weighted by atomic mass is 16.5. The van der Waals surface area contributed by atoms with E-state index in [1.807, 2.05) is 27.7 Å². The molecule has 28 heavy (non-hydrogen) atoms. The number of nitrogens with two attached hydrogens (primary N) is 2. The molecule has 0 radical (unpaired) electrons. The van der Waals surface area contributed by atoms with E-state index in [9.17, 15) is 9.59 Å². The van der Waals surface area contributed by atoms with Crippen LogP contribution in [0.2, 0.25) is 0 Å². The summed E-state index contributed by atoms with van der Waals surface area (Å²) in [6.45, 7) is 8.88. The third-order valence-corrected chi connectivity index (χ3v) is 3.39. The summed E-state index contributed by atoms with van der Waals surface area (Å²) in [5.74, 6) is 0.123. The molecule has 0 aromatic heterocycles. The number of esters is 2. The van der Waals surface area contributed by atoms with Crippen LogP contribution in [0.4, 0.5) is 11.4 Å². The average molecular weight is 386 g/mol. The monoisotopic (exact) mass is 386 g/mol. The first-order valence-corrected chi connectivity index (χ1v) is 9.24. The number of carbonyl (C=O) groups excluding carboxylic acids is 2. The van der Waals surface area contributed by atoms with Gasteiger partial charge in [-0.3, -0.25) is 0 Å². The molecule has 2 rings (SSSR count). The lowest BCUT2D eigenvalue weighted by atomic mass is 10.2. The maximum Gasteiger partial charge on any atom is 0.338 e. The summed E-state index contributed by atoms with van der Waals surface area (Å²) in [7, 11) is 0. The van der Waals surface area contributed by atoms with E-state index < -0.39 is 0 Å². The molecular formula is C22H30N2O4. The fraction of sp³-hybridized carbons (Fsp3) is 0.364. The standard InChI is InChI=1S/2C11H15NO2/c2*1-8(2)7-14-11(13)9-3-5-10(12)6-4-9/h2*3-6,8H,7,12H2,1-2H3. The van der Waals surface area contributed by atoms with Crippen molar-refractivity contribution in [2.24, 2.45) is 11.8 Å². The molecule has 0 heterocycles. The predicted octanol–water partition coefficient (Wildman–Crippen LogP) is 4.16. The zero-order chi connectivity index (χ0) is 21.1. The van der Waals surface area contributed by atoms with E-state index in [4.69, 9.17) is 20.9 Å². The lowest BCUT2D eigenvalue weighted by molar-refractivity contribution is 0.0450. The Bertz CT molecular complexity index is 673. The van der Waals surface area contributed by atoms with Gasteiger partial charge in [0.2, 0.25) is 0 Å². The van der Waals surface area contributed by atoms with Crippen LogP contribution in [0.3, 0.4) is 0 Å². The molecule has 0 bridgehead atoms. The largest absolute Gasteiger partial charge is 0.462 e. The smallest absolute Gasteiger partial charge is 0.338 e. The second-order valence-corrected chi connectivity index (χ2v) is 7.23. The first kappa shape index (κ1) is 23.0. The van der Waals surface area contributed by atoms with Crippen LogP contribution in [0, 0.1) is 11.8 Å². The number of hydrogen-bond acceptors (Lipinski definition) is 6. The van der Waals surface area contributed by atoms with Gasteiger partial charge in [0.25, 0.3) is 0 Å². The second-order valence-electron chi connectivity index (χ2n) is 7.23. The summed E-state index contributed by atoms with van der Waals surface area (Å²) < 4.78 is 10.1. The summed E-state index contributed by atoms with van der Waals surface area (Å²) in [6, 6.07) is 13.4. The Labute approximate surface area is 166 Å². The minimum Gasteiger partial charge on any atom is -0.462 e. The van der Waals surface area contributed by atoms with Crippen LogP contribution in [0.5, 0.6) is 0 Å². The molecule has 0 unspecified atom stereocenters. The summed E-state index contributed by atoms with van der Waals surface area (Å²) in [5.41, 5.74) is 13.4. The minimum absolute atomic E-state index is 0.293. The zero-order valence-corrected chi connectivity index (χ0v) is 17.0. The van der Waals surface area contributed by atoms with Gasteiger partial charge in [0.05, 0.1) is 24.3 Å². The van der Waals surface area contributed by atoms with Crippen molar-refractivity contribution in [3.63, 3.8) is 0 Å². The van der Waals surface area contributed by atoms with Crippen molar-refractivity contribution in [1.29, 1.82) is 0 Å². The van der Waals surface area contributed by atoms with Gasteiger partial charge in [-0.1, -0.05) is 27.7 Å². The van der Waals surface area contributed by atoms with E-state index in [1.54, 1.807) is 48.5 Å². The number of benzene rings is 2. The van der Waals surface area contributed by atoms with Crippen LogP contribution in [-0.2, 0) is 9.47 Å². The van der Waals surface area contributed by atoms with Crippen molar-refractivity contribution in [2.45, 2.75) is 27.7 Å². The first-order valence-electron chi connectivity index (χ1n) is 9.24. The second kappa shape index (κ2) is 11.6. The van der Waals surface area contributed by atoms with E-state index >= 15 is 0 Å². The molecule has 0 amide bonds. The van der Waals surface area contributed by atoms with Gasteiger partial charge >= 0.3 is 11.9 Å². The summed E-state index contributed by atoms with van der Waals surface area (Å²) in [5, 5.41) is 0. The van der Waals surface area contributed by atoms with E-state index in [1.165, 1.54) is 0 Å². The van der Waals surface area contributed by atoms with Gasteiger partial charge in [-0.25, -0.2) is 9.59 Å². The number of anilines is 2. The van der Waals surface area contributed by atoms with Gasteiger partial charge in [-0.15, -0.1) is 0 Å². The SMILES string of the molecule is CC(C)COC(=O)c1ccc(N)cc1.CC(C)COC(=O)c1ccc(N)cc1.